The Hall–Kier alpha value is -1.24. The second-order valence-corrected chi connectivity index (χ2v) is 4.22. The summed E-state index contributed by atoms with van der Waals surface area (Å²) in [5.41, 5.74) is -0.471. The normalized spacial score (nSPS) is 26.0. The van der Waals surface area contributed by atoms with Gasteiger partial charge in [0.25, 0.3) is 0 Å². The van der Waals surface area contributed by atoms with E-state index in [1.165, 1.54) is 0 Å². The molecule has 4 heteroatoms. The molecule has 0 spiro atoms. The number of nitrogens with one attached hydrogen (secondary N) is 1. The molecule has 0 heterocycles. The topological polar surface area (TPSA) is 62.1 Å². The van der Waals surface area contributed by atoms with Crippen LogP contribution < -0.4 is 5.32 Å². The van der Waals surface area contributed by atoms with E-state index >= 15 is 0 Å². The number of nitriles is 1. The molecule has 13 heavy (non-hydrogen) atoms. The van der Waals surface area contributed by atoms with E-state index in [0.717, 1.165) is 6.42 Å². The van der Waals surface area contributed by atoms with Crippen molar-refractivity contribution in [3.8, 4) is 6.07 Å². The second-order valence-electron chi connectivity index (χ2n) is 4.22. The van der Waals surface area contributed by atoms with E-state index in [4.69, 9.17) is 10.00 Å². The Bertz CT molecular complexity index is 249. The fourth-order valence-electron chi connectivity index (χ4n) is 0.956. The van der Waals surface area contributed by atoms with Crippen LogP contribution in [-0.2, 0) is 4.74 Å². The molecule has 1 saturated carbocycles. The van der Waals surface area contributed by atoms with E-state index in [-0.39, 0.29) is 12.0 Å². The van der Waals surface area contributed by atoms with Crippen LogP contribution >= 0.6 is 0 Å². The van der Waals surface area contributed by atoms with Crippen LogP contribution in [0.1, 0.15) is 27.2 Å². The van der Waals surface area contributed by atoms with Crippen LogP contribution in [0.3, 0.4) is 0 Å². The average molecular weight is 182 g/mol. The van der Waals surface area contributed by atoms with Crippen molar-refractivity contribution in [1.29, 1.82) is 5.26 Å². The molecule has 1 aliphatic carbocycles. The zero-order valence-electron chi connectivity index (χ0n) is 8.13. The van der Waals surface area contributed by atoms with E-state index in [0.29, 0.717) is 0 Å². The number of carbonyl (C=O) groups excluding carboxylic acids is 1. The molecule has 0 aliphatic heterocycles. The van der Waals surface area contributed by atoms with Gasteiger partial charge in [0.1, 0.15) is 5.60 Å². The molecule has 1 N–H and O–H groups in total. The molecule has 72 valence electrons. The summed E-state index contributed by atoms with van der Waals surface area (Å²) in [7, 11) is 0. The molecule has 0 aromatic rings. The third-order valence-electron chi connectivity index (χ3n) is 1.66. The van der Waals surface area contributed by atoms with Gasteiger partial charge in [-0.3, -0.25) is 0 Å². The van der Waals surface area contributed by atoms with Gasteiger partial charge in [0.2, 0.25) is 0 Å². The number of nitrogens with zero attached hydrogens (tertiary/aromatic N) is 1. The van der Waals surface area contributed by atoms with Crippen molar-refractivity contribution in [3.63, 3.8) is 0 Å². The lowest BCUT2D eigenvalue weighted by molar-refractivity contribution is 0.0522. The first-order valence-corrected chi connectivity index (χ1v) is 4.31. The van der Waals surface area contributed by atoms with Gasteiger partial charge < -0.3 is 10.1 Å². The van der Waals surface area contributed by atoms with Crippen LogP contribution in [-0.4, -0.2) is 17.7 Å². The first-order valence-electron chi connectivity index (χ1n) is 4.31. The van der Waals surface area contributed by atoms with Crippen molar-refractivity contribution in [2.75, 3.05) is 0 Å². The number of hydrogen-bond donors (Lipinski definition) is 1. The van der Waals surface area contributed by atoms with Gasteiger partial charge in [-0.05, 0) is 27.2 Å². The van der Waals surface area contributed by atoms with Crippen molar-refractivity contribution in [2.45, 2.75) is 38.8 Å². The molecule has 4 nitrogen and oxygen atoms in total. The van der Waals surface area contributed by atoms with Gasteiger partial charge in [-0.2, -0.15) is 5.26 Å². The summed E-state index contributed by atoms with van der Waals surface area (Å²) in [5, 5.41) is 11.1. The molecule has 1 rings (SSSR count). The van der Waals surface area contributed by atoms with E-state index in [9.17, 15) is 4.79 Å². The van der Waals surface area contributed by atoms with E-state index in [2.05, 4.69) is 11.4 Å². The van der Waals surface area contributed by atoms with Crippen LogP contribution in [0.4, 0.5) is 4.79 Å². The number of rotatable bonds is 1. The SMILES string of the molecule is CC(C)(C)OC(=O)N[C@@H]1C[C@H]1C#N. The molecule has 1 amide bonds. The van der Waals surface area contributed by atoms with Gasteiger partial charge in [0.05, 0.1) is 12.0 Å². The maximum Gasteiger partial charge on any atom is 0.407 e. The van der Waals surface area contributed by atoms with Gasteiger partial charge >= 0.3 is 6.09 Å². The van der Waals surface area contributed by atoms with Gasteiger partial charge in [0.15, 0.2) is 0 Å². The first kappa shape index (κ1) is 9.85. The molecule has 1 aliphatic rings. The quantitative estimate of drug-likeness (QED) is 0.667. The Morgan fingerprint density at radius 3 is 2.62 bits per heavy atom. The van der Waals surface area contributed by atoms with Gasteiger partial charge in [-0.1, -0.05) is 0 Å². The third-order valence-corrected chi connectivity index (χ3v) is 1.66. The van der Waals surface area contributed by atoms with Gasteiger partial charge in [0, 0.05) is 6.04 Å². The third kappa shape index (κ3) is 3.32. The molecule has 0 saturated heterocycles. The highest BCUT2D eigenvalue weighted by Crippen LogP contribution is 2.29. The minimum Gasteiger partial charge on any atom is -0.444 e. The van der Waals surface area contributed by atoms with E-state index in [1.54, 1.807) is 20.8 Å². The monoisotopic (exact) mass is 182 g/mol. The molecule has 0 unspecified atom stereocenters. The molecule has 0 aromatic carbocycles. The van der Waals surface area contributed by atoms with Crippen LogP contribution in [0.2, 0.25) is 0 Å². The molecule has 2 atom stereocenters. The number of alkyl carbamates (subject to hydrolysis) is 1. The fourth-order valence-corrected chi connectivity index (χ4v) is 0.956. The summed E-state index contributed by atoms with van der Waals surface area (Å²) in [6.45, 7) is 5.42. The summed E-state index contributed by atoms with van der Waals surface area (Å²) in [4.78, 5) is 11.1. The Morgan fingerprint density at radius 2 is 2.23 bits per heavy atom. The number of ether oxygens (including phenoxy) is 1. The maximum atomic E-state index is 11.1. The summed E-state index contributed by atoms with van der Waals surface area (Å²) in [6.07, 6.45) is 0.311. The highest BCUT2D eigenvalue weighted by molar-refractivity contribution is 5.68. The zero-order valence-corrected chi connectivity index (χ0v) is 8.13. The van der Waals surface area contributed by atoms with Crippen molar-refractivity contribution in [3.05, 3.63) is 0 Å². The van der Waals surface area contributed by atoms with Crippen LogP contribution in [0.25, 0.3) is 0 Å². The lowest BCUT2D eigenvalue weighted by Crippen LogP contribution is -2.34. The Kier molecular flexibility index (Phi) is 2.46. The summed E-state index contributed by atoms with van der Waals surface area (Å²) < 4.78 is 5.02. The van der Waals surface area contributed by atoms with Crippen LogP contribution in [0.5, 0.6) is 0 Å². The summed E-state index contributed by atoms with van der Waals surface area (Å²) in [5.74, 6) is -0.0208. The molecule has 0 bridgehead atoms. The lowest BCUT2D eigenvalue weighted by Gasteiger charge is -2.19. The largest absolute Gasteiger partial charge is 0.444 e. The standard InChI is InChI=1S/C9H14N2O2/c1-9(2,3)13-8(12)11-7-4-6(7)5-10/h6-7H,4H2,1-3H3,(H,11,12)/t6-,7+/m0/s1. The molecule has 0 aromatic heterocycles. The minimum absolute atomic E-state index is 0.000139. The molecular formula is C9H14N2O2. The number of hydrogen-bond acceptors (Lipinski definition) is 3. The zero-order chi connectivity index (χ0) is 10.1. The Balaban J connectivity index is 2.25. The fraction of sp³-hybridized carbons (Fsp3) is 0.778. The predicted octanol–water partition coefficient (Wildman–Crippen LogP) is 1.42. The second kappa shape index (κ2) is 3.25. The maximum absolute atomic E-state index is 11.1. The summed E-state index contributed by atoms with van der Waals surface area (Å²) in [6, 6.07) is 2.09. The van der Waals surface area contributed by atoms with E-state index in [1.807, 2.05) is 0 Å². The molecule has 0 radical (unpaired) electrons. The van der Waals surface area contributed by atoms with Crippen molar-refractivity contribution >= 4 is 6.09 Å². The average Bonchev–Trinajstić information content (AvgIpc) is 2.62. The Morgan fingerprint density at radius 1 is 1.62 bits per heavy atom. The molecule has 1 fully saturated rings. The molecular weight excluding hydrogens is 168 g/mol. The number of carbonyl (C=O) groups is 1. The summed E-state index contributed by atoms with van der Waals surface area (Å²) >= 11 is 0. The highest BCUT2D eigenvalue weighted by atomic mass is 16.6. The van der Waals surface area contributed by atoms with Crippen molar-refractivity contribution in [2.24, 2.45) is 5.92 Å². The van der Waals surface area contributed by atoms with Gasteiger partial charge in [-0.15, -0.1) is 0 Å². The smallest absolute Gasteiger partial charge is 0.407 e. The minimum atomic E-state index is -0.471. The van der Waals surface area contributed by atoms with E-state index < -0.39 is 11.7 Å². The number of amides is 1. The van der Waals surface area contributed by atoms with Gasteiger partial charge in [-0.25, -0.2) is 4.79 Å². The highest BCUT2D eigenvalue weighted by Gasteiger charge is 2.39. The predicted molar refractivity (Wildman–Crippen MR) is 46.9 cm³/mol. The Labute approximate surface area is 77.9 Å². The van der Waals surface area contributed by atoms with Crippen molar-refractivity contribution in [1.82, 2.24) is 5.32 Å². The van der Waals surface area contributed by atoms with Crippen LogP contribution in [0.15, 0.2) is 0 Å². The first-order chi connectivity index (χ1) is 5.92. The lowest BCUT2D eigenvalue weighted by atomic mass is 10.2. The van der Waals surface area contributed by atoms with Crippen LogP contribution in [0, 0.1) is 17.2 Å². The van der Waals surface area contributed by atoms with Crippen molar-refractivity contribution < 1.29 is 9.53 Å².